The van der Waals surface area contributed by atoms with Crippen molar-refractivity contribution in [3.8, 4) is 5.88 Å². The van der Waals surface area contributed by atoms with Crippen molar-refractivity contribution in [1.82, 2.24) is 4.98 Å². The molecule has 0 radical (unpaired) electrons. The molecule has 0 fully saturated rings. The number of rotatable bonds is 4. The zero-order valence-corrected chi connectivity index (χ0v) is 7.79. The lowest BCUT2D eigenvalue weighted by atomic mass is 10.1. The first kappa shape index (κ1) is 9.74. The second-order valence-electron chi connectivity index (χ2n) is 2.70. The van der Waals surface area contributed by atoms with E-state index in [0.29, 0.717) is 12.4 Å². The Morgan fingerprint density at radius 2 is 2.46 bits per heavy atom. The summed E-state index contributed by atoms with van der Waals surface area (Å²) in [6.45, 7) is 4.52. The third-order valence-electron chi connectivity index (χ3n) is 1.79. The minimum atomic E-state index is 0.594. The average Bonchev–Trinajstić information content (AvgIpc) is 2.18. The molecule has 1 aromatic heterocycles. The Labute approximate surface area is 78.2 Å². The first-order valence-corrected chi connectivity index (χ1v) is 4.16. The lowest BCUT2D eigenvalue weighted by Gasteiger charge is -2.08. The highest BCUT2D eigenvalue weighted by Crippen LogP contribution is 2.23. The number of methoxy groups -OCH3 is 1. The van der Waals surface area contributed by atoms with Crippen LogP contribution in [0.25, 0.3) is 5.57 Å². The van der Waals surface area contributed by atoms with Crippen LogP contribution in [0.5, 0.6) is 5.88 Å². The van der Waals surface area contributed by atoms with E-state index >= 15 is 0 Å². The minimum Gasteiger partial charge on any atom is -0.481 e. The van der Waals surface area contributed by atoms with E-state index in [1.165, 1.54) is 0 Å². The van der Waals surface area contributed by atoms with Gasteiger partial charge in [-0.2, -0.15) is 0 Å². The quantitative estimate of drug-likeness (QED) is 0.759. The lowest BCUT2D eigenvalue weighted by molar-refractivity contribution is 0.396. The summed E-state index contributed by atoms with van der Waals surface area (Å²) in [5.41, 5.74) is 7.34. The van der Waals surface area contributed by atoms with Gasteiger partial charge in [-0.15, -0.1) is 0 Å². The first-order chi connectivity index (χ1) is 6.29. The van der Waals surface area contributed by atoms with Crippen molar-refractivity contribution in [1.29, 1.82) is 0 Å². The molecular formula is C10H14N2O. The largest absolute Gasteiger partial charge is 0.481 e. The summed E-state index contributed by atoms with van der Waals surface area (Å²) in [5, 5.41) is 0. The van der Waals surface area contributed by atoms with E-state index in [2.05, 4.69) is 11.6 Å². The maximum absolute atomic E-state index is 5.44. The lowest BCUT2D eigenvalue weighted by Crippen LogP contribution is -2.01. The molecule has 2 N–H and O–H groups in total. The molecule has 0 bridgehead atoms. The monoisotopic (exact) mass is 178 g/mol. The Morgan fingerprint density at radius 3 is 3.08 bits per heavy atom. The highest BCUT2D eigenvalue weighted by atomic mass is 16.5. The molecule has 0 unspecified atom stereocenters. The average molecular weight is 178 g/mol. The molecule has 0 aromatic carbocycles. The summed E-state index contributed by atoms with van der Waals surface area (Å²) in [6, 6.07) is 3.80. The molecule has 3 heteroatoms. The second kappa shape index (κ2) is 4.62. The summed E-state index contributed by atoms with van der Waals surface area (Å²) in [5.74, 6) is 0.612. The molecule has 0 spiro atoms. The number of ether oxygens (including phenoxy) is 1. The molecule has 0 saturated carbocycles. The van der Waals surface area contributed by atoms with Crippen LogP contribution < -0.4 is 10.5 Å². The van der Waals surface area contributed by atoms with Gasteiger partial charge >= 0.3 is 0 Å². The molecular weight excluding hydrogens is 164 g/mol. The van der Waals surface area contributed by atoms with E-state index in [0.717, 1.165) is 17.6 Å². The molecule has 0 atom stereocenters. The van der Waals surface area contributed by atoms with Crippen molar-refractivity contribution >= 4 is 5.57 Å². The minimum absolute atomic E-state index is 0.594. The zero-order chi connectivity index (χ0) is 9.68. The second-order valence-corrected chi connectivity index (χ2v) is 2.70. The van der Waals surface area contributed by atoms with Crippen LogP contribution in [0.1, 0.15) is 12.0 Å². The molecule has 0 aliphatic heterocycles. The molecule has 70 valence electrons. The fourth-order valence-corrected chi connectivity index (χ4v) is 1.13. The van der Waals surface area contributed by atoms with Gasteiger partial charge in [0, 0.05) is 11.8 Å². The van der Waals surface area contributed by atoms with Crippen LogP contribution in [0.2, 0.25) is 0 Å². The van der Waals surface area contributed by atoms with Gasteiger partial charge in [0.05, 0.1) is 7.11 Å². The van der Waals surface area contributed by atoms with Gasteiger partial charge in [-0.1, -0.05) is 6.58 Å². The van der Waals surface area contributed by atoms with E-state index in [9.17, 15) is 0 Å². The summed E-state index contributed by atoms with van der Waals surface area (Å²) in [6.07, 6.45) is 2.46. The van der Waals surface area contributed by atoms with Crippen LogP contribution in [0.4, 0.5) is 0 Å². The molecule has 1 rings (SSSR count). The van der Waals surface area contributed by atoms with Crippen molar-refractivity contribution < 1.29 is 4.74 Å². The van der Waals surface area contributed by atoms with E-state index in [4.69, 9.17) is 10.5 Å². The van der Waals surface area contributed by atoms with Gasteiger partial charge in [0.25, 0.3) is 0 Å². The Bertz CT molecular complexity index is 297. The van der Waals surface area contributed by atoms with Gasteiger partial charge in [-0.25, -0.2) is 4.98 Å². The zero-order valence-electron chi connectivity index (χ0n) is 7.79. The van der Waals surface area contributed by atoms with E-state index in [1.54, 1.807) is 13.3 Å². The van der Waals surface area contributed by atoms with Crippen LogP contribution in [0, 0.1) is 0 Å². The summed E-state index contributed by atoms with van der Waals surface area (Å²) >= 11 is 0. The standard InChI is InChI=1S/C10H14N2O/c1-8(5-6-11)9-4-3-7-12-10(9)13-2/h3-4,7H,1,5-6,11H2,2H3. The Kier molecular flexibility index (Phi) is 3.46. The van der Waals surface area contributed by atoms with Crippen LogP contribution >= 0.6 is 0 Å². The maximum atomic E-state index is 5.44. The van der Waals surface area contributed by atoms with Crippen molar-refractivity contribution in [2.75, 3.05) is 13.7 Å². The predicted molar refractivity (Wildman–Crippen MR) is 53.5 cm³/mol. The van der Waals surface area contributed by atoms with E-state index in [-0.39, 0.29) is 0 Å². The van der Waals surface area contributed by atoms with Crippen LogP contribution in [0.3, 0.4) is 0 Å². The molecule has 1 aromatic rings. The van der Waals surface area contributed by atoms with Gasteiger partial charge in [0.2, 0.25) is 5.88 Å². The van der Waals surface area contributed by atoms with E-state index < -0.39 is 0 Å². The highest BCUT2D eigenvalue weighted by Gasteiger charge is 2.05. The number of nitrogens with two attached hydrogens (primary N) is 1. The van der Waals surface area contributed by atoms with Gasteiger partial charge < -0.3 is 10.5 Å². The smallest absolute Gasteiger partial charge is 0.220 e. The van der Waals surface area contributed by atoms with E-state index in [1.807, 2.05) is 12.1 Å². The molecule has 0 amide bonds. The highest BCUT2D eigenvalue weighted by molar-refractivity contribution is 5.67. The van der Waals surface area contributed by atoms with Crippen LogP contribution in [0.15, 0.2) is 24.9 Å². The van der Waals surface area contributed by atoms with Crippen molar-refractivity contribution in [3.63, 3.8) is 0 Å². The van der Waals surface area contributed by atoms with Crippen molar-refractivity contribution in [2.45, 2.75) is 6.42 Å². The first-order valence-electron chi connectivity index (χ1n) is 4.16. The Morgan fingerprint density at radius 1 is 1.69 bits per heavy atom. The van der Waals surface area contributed by atoms with Crippen molar-refractivity contribution in [3.05, 3.63) is 30.5 Å². The third kappa shape index (κ3) is 2.29. The summed E-state index contributed by atoms with van der Waals surface area (Å²) in [7, 11) is 1.60. The number of aromatic nitrogens is 1. The molecule has 13 heavy (non-hydrogen) atoms. The van der Waals surface area contributed by atoms with Crippen molar-refractivity contribution in [2.24, 2.45) is 5.73 Å². The molecule has 1 heterocycles. The molecule has 3 nitrogen and oxygen atoms in total. The summed E-state index contributed by atoms with van der Waals surface area (Å²) in [4.78, 5) is 4.08. The summed E-state index contributed by atoms with van der Waals surface area (Å²) < 4.78 is 5.10. The van der Waals surface area contributed by atoms with Crippen LogP contribution in [-0.4, -0.2) is 18.6 Å². The number of pyridine rings is 1. The van der Waals surface area contributed by atoms with Crippen LogP contribution in [-0.2, 0) is 0 Å². The molecule has 0 saturated heterocycles. The number of nitrogens with zero attached hydrogens (tertiary/aromatic N) is 1. The normalized spacial score (nSPS) is 9.69. The fraction of sp³-hybridized carbons (Fsp3) is 0.300. The topological polar surface area (TPSA) is 48.1 Å². The SMILES string of the molecule is C=C(CCN)c1cccnc1OC. The molecule has 0 aliphatic carbocycles. The molecule has 0 aliphatic rings. The predicted octanol–water partition coefficient (Wildman–Crippen LogP) is 1.45. The number of hydrogen-bond acceptors (Lipinski definition) is 3. The van der Waals surface area contributed by atoms with Gasteiger partial charge in [0.15, 0.2) is 0 Å². The van der Waals surface area contributed by atoms with Gasteiger partial charge in [-0.3, -0.25) is 0 Å². The van der Waals surface area contributed by atoms with Gasteiger partial charge in [0.1, 0.15) is 0 Å². The third-order valence-corrected chi connectivity index (χ3v) is 1.79. The fourth-order valence-electron chi connectivity index (χ4n) is 1.13. The maximum Gasteiger partial charge on any atom is 0.220 e. The Hall–Kier alpha value is -1.35. The van der Waals surface area contributed by atoms with Gasteiger partial charge in [-0.05, 0) is 30.7 Å². The Balaban J connectivity index is 2.92. The number of hydrogen-bond donors (Lipinski definition) is 1.